The van der Waals surface area contributed by atoms with E-state index in [2.05, 4.69) is 40.7 Å². The van der Waals surface area contributed by atoms with Crippen molar-refractivity contribution >= 4 is 28.5 Å². The maximum absolute atomic E-state index is 12.8. The number of nitrogens with one attached hydrogen (secondary N) is 3. The Labute approximate surface area is 188 Å². The molecule has 0 unspecified atom stereocenters. The van der Waals surface area contributed by atoms with E-state index in [0.29, 0.717) is 18.1 Å². The van der Waals surface area contributed by atoms with Gasteiger partial charge in [-0.15, -0.1) is 0 Å². The number of carbonyl (C=O) groups excluding carboxylic acids is 1. The van der Waals surface area contributed by atoms with Gasteiger partial charge in [-0.2, -0.15) is 0 Å². The molecule has 0 bridgehead atoms. The van der Waals surface area contributed by atoms with Gasteiger partial charge in [0, 0.05) is 34.9 Å². The number of hydrogen-bond donors (Lipinski definition) is 3. The van der Waals surface area contributed by atoms with Crippen LogP contribution >= 0.6 is 0 Å². The Morgan fingerprint density at radius 3 is 2.50 bits per heavy atom. The summed E-state index contributed by atoms with van der Waals surface area (Å²) in [4.78, 5) is 20.9. The Morgan fingerprint density at radius 1 is 0.938 bits per heavy atom. The number of anilines is 1. The van der Waals surface area contributed by atoms with Gasteiger partial charge in [0.15, 0.2) is 0 Å². The summed E-state index contributed by atoms with van der Waals surface area (Å²) < 4.78 is 0. The molecule has 5 heteroatoms. The highest BCUT2D eigenvalue weighted by Crippen LogP contribution is 2.18. The minimum absolute atomic E-state index is 0.183. The molecule has 4 aromatic rings. The number of aryl methyl sites for hydroxylation is 2. The van der Waals surface area contributed by atoms with E-state index in [1.165, 1.54) is 16.5 Å². The molecule has 0 fully saturated rings. The predicted octanol–water partition coefficient (Wildman–Crippen LogP) is 5.48. The summed E-state index contributed by atoms with van der Waals surface area (Å²) in [7, 11) is 0. The van der Waals surface area contributed by atoms with Gasteiger partial charge in [0.1, 0.15) is 0 Å². The molecular formula is C27H28N4O. The first kappa shape index (κ1) is 21.4. The third kappa shape index (κ3) is 5.06. The van der Waals surface area contributed by atoms with Crippen molar-refractivity contribution in [2.75, 3.05) is 11.9 Å². The van der Waals surface area contributed by atoms with Gasteiger partial charge < -0.3 is 10.3 Å². The number of aromatic amines is 1. The minimum Gasteiger partial charge on any atom is -0.361 e. The fraction of sp³-hybridized carbons (Fsp3) is 0.185. The van der Waals surface area contributed by atoms with E-state index in [9.17, 15) is 4.79 Å². The van der Waals surface area contributed by atoms with Gasteiger partial charge in [-0.3, -0.25) is 15.1 Å². The smallest absolute Gasteiger partial charge is 0.257 e. The molecule has 1 amide bonds. The number of fused-ring (bicyclic) bond motifs is 1. The molecule has 0 aliphatic carbocycles. The monoisotopic (exact) mass is 424 g/mol. The summed E-state index contributed by atoms with van der Waals surface area (Å²) in [6, 6.07) is 23.8. The van der Waals surface area contributed by atoms with Crippen LogP contribution in [0.25, 0.3) is 10.9 Å². The van der Waals surface area contributed by atoms with Crippen molar-refractivity contribution in [3.8, 4) is 0 Å². The van der Waals surface area contributed by atoms with Crippen molar-refractivity contribution in [1.82, 2.24) is 10.3 Å². The Hall–Kier alpha value is -3.86. The highest BCUT2D eigenvalue weighted by atomic mass is 16.1. The zero-order chi connectivity index (χ0) is 22.3. The van der Waals surface area contributed by atoms with Crippen LogP contribution in [0.2, 0.25) is 0 Å². The third-order valence-corrected chi connectivity index (χ3v) is 5.52. The van der Waals surface area contributed by atoms with Crippen molar-refractivity contribution in [2.24, 2.45) is 4.99 Å². The molecular weight excluding hydrogens is 396 g/mol. The molecule has 0 spiro atoms. The Bertz CT molecular complexity index is 1240. The van der Waals surface area contributed by atoms with Crippen LogP contribution < -0.4 is 10.6 Å². The number of para-hydroxylation sites is 2. The van der Waals surface area contributed by atoms with E-state index in [-0.39, 0.29) is 5.91 Å². The molecule has 4 rings (SSSR count). The molecule has 1 heterocycles. The average molecular weight is 425 g/mol. The number of H-pyrrole nitrogens is 1. The minimum atomic E-state index is -0.183. The zero-order valence-corrected chi connectivity index (χ0v) is 18.5. The molecule has 3 aromatic carbocycles. The number of aromatic nitrogens is 1. The van der Waals surface area contributed by atoms with Gasteiger partial charge in [-0.05, 0) is 55.2 Å². The van der Waals surface area contributed by atoms with Crippen LogP contribution in [-0.2, 0) is 12.8 Å². The molecule has 0 aliphatic heterocycles. The fourth-order valence-corrected chi connectivity index (χ4v) is 3.70. The van der Waals surface area contributed by atoms with E-state index >= 15 is 0 Å². The van der Waals surface area contributed by atoms with Crippen molar-refractivity contribution in [3.05, 3.63) is 101 Å². The van der Waals surface area contributed by atoms with E-state index in [1.807, 2.05) is 67.7 Å². The number of amides is 1. The highest BCUT2D eigenvalue weighted by Gasteiger charge is 2.11. The van der Waals surface area contributed by atoms with Crippen LogP contribution in [-0.4, -0.2) is 23.4 Å². The number of nitrogens with zero attached hydrogens (tertiary/aromatic N) is 1. The lowest BCUT2D eigenvalue weighted by atomic mass is 10.1. The molecule has 1 aromatic heterocycles. The first-order valence-corrected chi connectivity index (χ1v) is 11.0. The summed E-state index contributed by atoms with van der Waals surface area (Å²) in [5.41, 5.74) is 6.16. The standard InChI is InChI=1S/C27H28N4O/c1-3-20-8-4-6-10-24(20)30-27(31-26(32)21-14-12-19(2)13-15-21)28-17-16-22-18-29-25-11-7-5-9-23(22)25/h4-15,18,29H,3,16-17H2,1-2H3,(H2,28,30,31,32). The first-order chi connectivity index (χ1) is 15.6. The van der Waals surface area contributed by atoms with Crippen molar-refractivity contribution in [3.63, 3.8) is 0 Å². The molecule has 0 atom stereocenters. The Morgan fingerprint density at radius 2 is 1.69 bits per heavy atom. The largest absolute Gasteiger partial charge is 0.361 e. The lowest BCUT2D eigenvalue weighted by Crippen LogP contribution is -2.36. The van der Waals surface area contributed by atoms with Gasteiger partial charge in [0.2, 0.25) is 5.96 Å². The second-order valence-electron chi connectivity index (χ2n) is 7.80. The maximum Gasteiger partial charge on any atom is 0.257 e. The molecule has 0 saturated heterocycles. The van der Waals surface area contributed by atoms with E-state index in [0.717, 1.165) is 29.6 Å². The SMILES string of the molecule is CCc1ccccc1NC(=NCCc1c[nH]c2ccccc12)NC(=O)c1ccc(C)cc1. The van der Waals surface area contributed by atoms with Crippen LogP contribution in [0.5, 0.6) is 0 Å². The van der Waals surface area contributed by atoms with E-state index in [4.69, 9.17) is 4.99 Å². The lowest BCUT2D eigenvalue weighted by Gasteiger charge is -2.14. The molecule has 3 N–H and O–H groups in total. The molecule has 162 valence electrons. The number of hydrogen-bond acceptors (Lipinski definition) is 2. The number of guanidine groups is 1. The number of aliphatic imine (C=N–C) groups is 1. The topological polar surface area (TPSA) is 69.3 Å². The first-order valence-electron chi connectivity index (χ1n) is 11.0. The van der Waals surface area contributed by atoms with Crippen molar-refractivity contribution < 1.29 is 4.79 Å². The van der Waals surface area contributed by atoms with Gasteiger partial charge in [-0.25, -0.2) is 0 Å². The maximum atomic E-state index is 12.8. The van der Waals surface area contributed by atoms with E-state index < -0.39 is 0 Å². The molecule has 5 nitrogen and oxygen atoms in total. The van der Waals surface area contributed by atoms with Crippen molar-refractivity contribution in [1.29, 1.82) is 0 Å². The normalized spacial score (nSPS) is 11.5. The van der Waals surface area contributed by atoms with Gasteiger partial charge in [0.05, 0.1) is 0 Å². The lowest BCUT2D eigenvalue weighted by molar-refractivity contribution is 0.0977. The summed E-state index contributed by atoms with van der Waals surface area (Å²) in [5.74, 6) is 0.272. The Kier molecular flexibility index (Phi) is 6.66. The quantitative estimate of drug-likeness (QED) is 0.283. The van der Waals surface area contributed by atoms with Gasteiger partial charge in [-0.1, -0.05) is 61.0 Å². The summed E-state index contributed by atoms with van der Waals surface area (Å²) in [6.45, 7) is 4.66. The average Bonchev–Trinajstić information content (AvgIpc) is 3.23. The molecule has 0 saturated carbocycles. The van der Waals surface area contributed by atoms with Crippen LogP contribution in [0.1, 0.15) is 34.0 Å². The van der Waals surface area contributed by atoms with Gasteiger partial charge in [0.25, 0.3) is 5.91 Å². The Balaban J connectivity index is 1.54. The number of rotatable bonds is 6. The fourth-order valence-electron chi connectivity index (χ4n) is 3.70. The number of benzene rings is 3. The molecule has 0 radical (unpaired) electrons. The third-order valence-electron chi connectivity index (χ3n) is 5.52. The molecule has 32 heavy (non-hydrogen) atoms. The van der Waals surface area contributed by atoms with Gasteiger partial charge >= 0.3 is 0 Å². The van der Waals surface area contributed by atoms with E-state index in [1.54, 1.807) is 0 Å². The molecule has 0 aliphatic rings. The van der Waals surface area contributed by atoms with Crippen molar-refractivity contribution in [2.45, 2.75) is 26.7 Å². The summed E-state index contributed by atoms with van der Waals surface area (Å²) >= 11 is 0. The van der Waals surface area contributed by atoms with Crippen LogP contribution in [0.4, 0.5) is 5.69 Å². The second-order valence-corrected chi connectivity index (χ2v) is 7.80. The predicted molar refractivity (Wildman–Crippen MR) is 132 cm³/mol. The highest BCUT2D eigenvalue weighted by molar-refractivity contribution is 6.10. The number of carbonyl (C=O) groups is 1. The summed E-state index contributed by atoms with van der Waals surface area (Å²) in [5, 5.41) is 7.51. The zero-order valence-electron chi connectivity index (χ0n) is 18.5. The van der Waals surface area contributed by atoms with Crippen LogP contribution in [0, 0.1) is 6.92 Å². The van der Waals surface area contributed by atoms with Crippen LogP contribution in [0.3, 0.4) is 0 Å². The van der Waals surface area contributed by atoms with Crippen LogP contribution in [0.15, 0.2) is 84.0 Å². The second kappa shape index (κ2) is 9.96. The summed E-state index contributed by atoms with van der Waals surface area (Å²) in [6.07, 6.45) is 3.69.